The summed E-state index contributed by atoms with van der Waals surface area (Å²) in [7, 11) is -2.29. The van der Waals surface area contributed by atoms with E-state index in [1.807, 2.05) is 0 Å². The minimum atomic E-state index is -2.29. The highest BCUT2D eigenvalue weighted by atomic mass is 31.2. The fourth-order valence-electron chi connectivity index (χ4n) is 0.451. The van der Waals surface area contributed by atoms with Crippen molar-refractivity contribution in [1.82, 2.24) is 0 Å². The molecule has 0 bridgehead atoms. The van der Waals surface area contributed by atoms with Crippen molar-refractivity contribution in [2.24, 2.45) is 0 Å². The van der Waals surface area contributed by atoms with E-state index < -0.39 is 7.94 Å². The van der Waals surface area contributed by atoms with E-state index in [1.54, 1.807) is 6.66 Å². The summed E-state index contributed by atoms with van der Waals surface area (Å²) in [6.07, 6.45) is 0. The SMILES string of the molecule is C[P]1(O)OCCO1. The van der Waals surface area contributed by atoms with Crippen LogP contribution in [-0.2, 0) is 9.05 Å². The zero-order valence-corrected chi connectivity index (χ0v) is 5.02. The third-order valence-corrected chi connectivity index (χ3v) is 2.07. The van der Waals surface area contributed by atoms with E-state index in [4.69, 9.17) is 13.9 Å². The predicted octanol–water partition coefficient (Wildman–Crippen LogP) is 0.418. The minimum Gasteiger partial charge on any atom is -0.336 e. The van der Waals surface area contributed by atoms with E-state index in [0.29, 0.717) is 13.2 Å². The summed E-state index contributed by atoms with van der Waals surface area (Å²) in [5.74, 6) is 0. The van der Waals surface area contributed by atoms with Gasteiger partial charge in [-0.1, -0.05) is 0 Å². The van der Waals surface area contributed by atoms with Gasteiger partial charge in [0.1, 0.15) is 0 Å². The van der Waals surface area contributed by atoms with Crippen LogP contribution in [0.25, 0.3) is 0 Å². The Morgan fingerprint density at radius 1 is 1.43 bits per heavy atom. The Morgan fingerprint density at radius 2 is 1.86 bits per heavy atom. The van der Waals surface area contributed by atoms with Gasteiger partial charge in [0.2, 0.25) is 7.94 Å². The summed E-state index contributed by atoms with van der Waals surface area (Å²) in [4.78, 5) is 8.86. The van der Waals surface area contributed by atoms with E-state index in [1.165, 1.54) is 0 Å². The molecule has 0 amide bonds. The predicted molar refractivity (Wildman–Crippen MR) is 27.0 cm³/mol. The van der Waals surface area contributed by atoms with Crippen LogP contribution in [0.5, 0.6) is 0 Å². The summed E-state index contributed by atoms with van der Waals surface area (Å²) < 4.78 is 9.57. The van der Waals surface area contributed by atoms with Crippen LogP contribution in [-0.4, -0.2) is 24.8 Å². The van der Waals surface area contributed by atoms with Crippen molar-refractivity contribution >= 4 is 7.94 Å². The maximum absolute atomic E-state index is 8.86. The zero-order chi connectivity index (χ0) is 5.33. The molecule has 7 heavy (non-hydrogen) atoms. The molecule has 1 rings (SSSR count). The van der Waals surface area contributed by atoms with Crippen LogP contribution in [0.15, 0.2) is 0 Å². The van der Waals surface area contributed by atoms with Crippen molar-refractivity contribution in [3.05, 3.63) is 0 Å². The molecule has 0 atom stereocenters. The third kappa shape index (κ3) is 1.35. The average Bonchev–Trinajstić information content (AvgIpc) is 1.84. The third-order valence-electron chi connectivity index (χ3n) is 0.745. The number of hydrogen-bond donors (Lipinski definition) is 1. The highest BCUT2D eigenvalue weighted by Crippen LogP contribution is 2.55. The van der Waals surface area contributed by atoms with Gasteiger partial charge in [0.25, 0.3) is 0 Å². The van der Waals surface area contributed by atoms with Gasteiger partial charge in [0.05, 0.1) is 13.2 Å². The molecule has 0 unspecified atom stereocenters. The lowest BCUT2D eigenvalue weighted by atomic mass is 10.8. The highest BCUT2D eigenvalue weighted by Gasteiger charge is 2.25. The van der Waals surface area contributed by atoms with Crippen LogP contribution in [0.2, 0.25) is 0 Å². The molecule has 0 aliphatic carbocycles. The average molecular weight is 123 g/mol. The first kappa shape index (κ1) is 5.45. The van der Waals surface area contributed by atoms with Crippen LogP contribution in [0.1, 0.15) is 0 Å². The molecule has 1 heterocycles. The molecular formula is C3H8O3P. The smallest absolute Gasteiger partial charge is 0.227 e. The first-order chi connectivity index (χ1) is 3.21. The molecule has 0 aromatic carbocycles. The quantitative estimate of drug-likeness (QED) is 0.474. The van der Waals surface area contributed by atoms with Crippen molar-refractivity contribution < 1.29 is 13.9 Å². The van der Waals surface area contributed by atoms with Crippen molar-refractivity contribution in [2.45, 2.75) is 0 Å². The molecule has 0 spiro atoms. The van der Waals surface area contributed by atoms with E-state index in [-0.39, 0.29) is 0 Å². The molecule has 4 heteroatoms. The van der Waals surface area contributed by atoms with Gasteiger partial charge in [-0.15, -0.1) is 0 Å². The Labute approximate surface area is 42.8 Å². The van der Waals surface area contributed by atoms with Crippen LogP contribution >= 0.6 is 7.94 Å². The molecule has 0 aromatic heterocycles. The van der Waals surface area contributed by atoms with Gasteiger partial charge in [-0.2, -0.15) is 0 Å². The second-order valence-electron chi connectivity index (χ2n) is 1.47. The molecule has 1 N–H and O–H groups in total. The molecule has 1 fully saturated rings. The van der Waals surface area contributed by atoms with Gasteiger partial charge < -0.3 is 13.9 Å². The first-order valence-electron chi connectivity index (χ1n) is 2.09. The molecule has 1 saturated heterocycles. The monoisotopic (exact) mass is 123 g/mol. The Balaban J connectivity index is 2.40. The normalized spacial score (nSPS) is 28.3. The first-order valence-corrected chi connectivity index (χ1v) is 4.11. The minimum absolute atomic E-state index is 0.542. The maximum Gasteiger partial charge on any atom is 0.227 e. The molecule has 43 valence electrons. The van der Waals surface area contributed by atoms with E-state index in [0.717, 1.165) is 0 Å². The summed E-state index contributed by atoms with van der Waals surface area (Å²) in [6.45, 7) is 2.67. The summed E-state index contributed by atoms with van der Waals surface area (Å²) in [5, 5.41) is 0. The summed E-state index contributed by atoms with van der Waals surface area (Å²) in [6, 6.07) is 0. The van der Waals surface area contributed by atoms with Crippen LogP contribution < -0.4 is 0 Å². The highest BCUT2D eigenvalue weighted by molar-refractivity contribution is 7.59. The molecular weight excluding hydrogens is 115 g/mol. The van der Waals surface area contributed by atoms with Crippen LogP contribution in [0, 0.1) is 0 Å². The van der Waals surface area contributed by atoms with Crippen molar-refractivity contribution in [2.75, 3.05) is 19.9 Å². The van der Waals surface area contributed by atoms with E-state index in [2.05, 4.69) is 0 Å². The zero-order valence-electron chi connectivity index (χ0n) is 4.13. The summed E-state index contributed by atoms with van der Waals surface area (Å²) in [5.41, 5.74) is 0. The van der Waals surface area contributed by atoms with Crippen LogP contribution in [0.4, 0.5) is 0 Å². The Kier molecular flexibility index (Phi) is 1.30. The fourth-order valence-corrected chi connectivity index (χ4v) is 1.35. The van der Waals surface area contributed by atoms with Gasteiger partial charge in [0, 0.05) is 6.66 Å². The maximum atomic E-state index is 8.86. The van der Waals surface area contributed by atoms with Gasteiger partial charge in [-0.05, 0) is 0 Å². The van der Waals surface area contributed by atoms with E-state index in [9.17, 15) is 0 Å². The molecule has 3 nitrogen and oxygen atoms in total. The van der Waals surface area contributed by atoms with Crippen molar-refractivity contribution in [3.63, 3.8) is 0 Å². The number of hydrogen-bond acceptors (Lipinski definition) is 3. The van der Waals surface area contributed by atoms with Gasteiger partial charge in [-0.3, -0.25) is 0 Å². The number of rotatable bonds is 0. The Hall–Kier alpha value is 0.310. The molecule has 1 aliphatic heterocycles. The Bertz CT molecular complexity index is 64.6. The summed E-state index contributed by atoms with van der Waals surface area (Å²) >= 11 is 0. The lowest BCUT2D eigenvalue weighted by Gasteiger charge is -2.13. The standard InChI is InChI=1S/C3H8O3P/c1-7(4)5-2-3-6-7/h4H,2-3H2,1H3. The second kappa shape index (κ2) is 1.67. The van der Waals surface area contributed by atoms with Gasteiger partial charge in [-0.25, -0.2) is 0 Å². The topological polar surface area (TPSA) is 38.7 Å². The van der Waals surface area contributed by atoms with E-state index >= 15 is 0 Å². The van der Waals surface area contributed by atoms with Crippen molar-refractivity contribution in [1.29, 1.82) is 0 Å². The second-order valence-corrected chi connectivity index (χ2v) is 3.59. The van der Waals surface area contributed by atoms with Gasteiger partial charge in [0.15, 0.2) is 0 Å². The van der Waals surface area contributed by atoms with Crippen molar-refractivity contribution in [3.8, 4) is 0 Å². The molecule has 1 aliphatic rings. The lowest BCUT2D eigenvalue weighted by Crippen LogP contribution is -1.84. The molecule has 0 saturated carbocycles. The Morgan fingerprint density at radius 3 is 2.00 bits per heavy atom. The fraction of sp³-hybridized carbons (Fsp3) is 1.00. The molecule has 1 radical (unpaired) electrons. The van der Waals surface area contributed by atoms with Crippen LogP contribution in [0.3, 0.4) is 0 Å². The largest absolute Gasteiger partial charge is 0.336 e. The van der Waals surface area contributed by atoms with Gasteiger partial charge >= 0.3 is 0 Å². The lowest BCUT2D eigenvalue weighted by molar-refractivity contribution is 0.320. The molecule has 0 aromatic rings.